The highest BCUT2D eigenvalue weighted by Crippen LogP contribution is 2.32. The molecule has 0 aliphatic heterocycles. The fourth-order valence-electron chi connectivity index (χ4n) is 2.31. The SMILES string of the molecule is COC(=O)c1cnc(N)c(-c2ccc(Cl)c(OCc3ccccc3)c2)n1. The van der Waals surface area contributed by atoms with E-state index in [9.17, 15) is 4.79 Å². The topological polar surface area (TPSA) is 87.3 Å². The molecule has 1 heterocycles. The van der Waals surface area contributed by atoms with Gasteiger partial charge in [0.05, 0.1) is 18.3 Å². The van der Waals surface area contributed by atoms with Crippen molar-refractivity contribution >= 4 is 23.4 Å². The second-order valence-corrected chi connectivity index (χ2v) is 5.81. The Labute approximate surface area is 155 Å². The van der Waals surface area contributed by atoms with Gasteiger partial charge >= 0.3 is 5.97 Å². The van der Waals surface area contributed by atoms with Crippen LogP contribution in [0, 0.1) is 0 Å². The second-order valence-electron chi connectivity index (χ2n) is 5.40. The van der Waals surface area contributed by atoms with Crippen LogP contribution in [0.1, 0.15) is 16.1 Å². The fourth-order valence-corrected chi connectivity index (χ4v) is 2.48. The molecule has 0 atom stereocenters. The average molecular weight is 370 g/mol. The van der Waals surface area contributed by atoms with E-state index in [0.29, 0.717) is 28.6 Å². The van der Waals surface area contributed by atoms with Gasteiger partial charge in [-0.1, -0.05) is 48.0 Å². The molecule has 0 unspecified atom stereocenters. The number of carbonyl (C=O) groups excluding carboxylic acids is 1. The van der Waals surface area contributed by atoms with Crippen molar-refractivity contribution < 1.29 is 14.3 Å². The molecule has 0 bridgehead atoms. The number of hydrogen-bond acceptors (Lipinski definition) is 6. The van der Waals surface area contributed by atoms with E-state index in [1.54, 1.807) is 18.2 Å². The third-order valence-corrected chi connectivity index (χ3v) is 3.95. The normalized spacial score (nSPS) is 10.4. The molecule has 2 N–H and O–H groups in total. The van der Waals surface area contributed by atoms with Crippen LogP contribution in [-0.2, 0) is 11.3 Å². The van der Waals surface area contributed by atoms with E-state index in [1.165, 1.54) is 13.3 Å². The van der Waals surface area contributed by atoms with Crippen LogP contribution < -0.4 is 10.5 Å². The number of esters is 1. The van der Waals surface area contributed by atoms with Gasteiger partial charge < -0.3 is 15.2 Å². The molecule has 0 saturated carbocycles. The number of carbonyl (C=O) groups is 1. The number of benzene rings is 2. The van der Waals surface area contributed by atoms with Gasteiger partial charge in [-0.25, -0.2) is 14.8 Å². The van der Waals surface area contributed by atoms with Gasteiger partial charge in [-0.15, -0.1) is 0 Å². The molecule has 7 heteroatoms. The third kappa shape index (κ3) is 3.92. The van der Waals surface area contributed by atoms with Gasteiger partial charge in [-0.05, 0) is 17.7 Å². The number of ether oxygens (including phenoxy) is 2. The molecule has 0 fully saturated rings. The van der Waals surface area contributed by atoms with Gasteiger partial charge in [0.2, 0.25) is 0 Å². The van der Waals surface area contributed by atoms with Crippen LogP contribution in [0.25, 0.3) is 11.3 Å². The minimum atomic E-state index is -0.590. The molecule has 0 saturated heterocycles. The monoisotopic (exact) mass is 369 g/mol. The van der Waals surface area contributed by atoms with E-state index < -0.39 is 5.97 Å². The summed E-state index contributed by atoms with van der Waals surface area (Å²) in [4.78, 5) is 19.9. The number of nitrogen functional groups attached to an aromatic ring is 1. The number of nitrogens with two attached hydrogens (primary N) is 1. The van der Waals surface area contributed by atoms with E-state index >= 15 is 0 Å². The summed E-state index contributed by atoms with van der Waals surface area (Å²) in [5.74, 6) is 0.0833. The van der Waals surface area contributed by atoms with E-state index in [1.807, 2.05) is 30.3 Å². The van der Waals surface area contributed by atoms with Crippen molar-refractivity contribution in [3.05, 3.63) is 71.0 Å². The maximum absolute atomic E-state index is 11.7. The van der Waals surface area contributed by atoms with Crippen LogP contribution in [-0.4, -0.2) is 23.0 Å². The highest BCUT2D eigenvalue weighted by Gasteiger charge is 2.15. The summed E-state index contributed by atoms with van der Waals surface area (Å²) in [6, 6.07) is 14.9. The lowest BCUT2D eigenvalue weighted by atomic mass is 10.1. The maximum atomic E-state index is 11.7. The fraction of sp³-hybridized carbons (Fsp3) is 0.105. The van der Waals surface area contributed by atoms with Crippen molar-refractivity contribution in [1.82, 2.24) is 9.97 Å². The van der Waals surface area contributed by atoms with Crippen LogP contribution in [0.5, 0.6) is 5.75 Å². The number of halogens is 1. The molecule has 6 nitrogen and oxygen atoms in total. The minimum Gasteiger partial charge on any atom is -0.487 e. The molecule has 0 amide bonds. The number of hydrogen-bond donors (Lipinski definition) is 1. The van der Waals surface area contributed by atoms with Crippen molar-refractivity contribution in [1.29, 1.82) is 0 Å². The van der Waals surface area contributed by atoms with Crippen LogP contribution in [0.3, 0.4) is 0 Å². The van der Waals surface area contributed by atoms with E-state index in [4.69, 9.17) is 22.1 Å². The molecular weight excluding hydrogens is 354 g/mol. The molecule has 0 aliphatic rings. The highest BCUT2D eigenvalue weighted by molar-refractivity contribution is 6.32. The largest absolute Gasteiger partial charge is 0.487 e. The zero-order valence-corrected chi connectivity index (χ0v) is 14.7. The van der Waals surface area contributed by atoms with Crippen molar-refractivity contribution in [3.8, 4) is 17.0 Å². The lowest BCUT2D eigenvalue weighted by molar-refractivity contribution is 0.0593. The van der Waals surface area contributed by atoms with Crippen LogP contribution in [0.15, 0.2) is 54.7 Å². The summed E-state index contributed by atoms with van der Waals surface area (Å²) in [5, 5.41) is 0.459. The Morgan fingerprint density at radius 1 is 1.19 bits per heavy atom. The Morgan fingerprint density at radius 2 is 1.96 bits per heavy atom. The van der Waals surface area contributed by atoms with Gasteiger partial charge in [0.1, 0.15) is 23.9 Å². The van der Waals surface area contributed by atoms with Gasteiger partial charge in [-0.3, -0.25) is 0 Å². The number of nitrogens with zero attached hydrogens (tertiary/aromatic N) is 2. The zero-order valence-electron chi connectivity index (χ0n) is 14.0. The van der Waals surface area contributed by atoms with Gasteiger partial charge in [-0.2, -0.15) is 0 Å². The van der Waals surface area contributed by atoms with Crippen molar-refractivity contribution in [2.75, 3.05) is 12.8 Å². The van der Waals surface area contributed by atoms with Crippen molar-refractivity contribution in [3.63, 3.8) is 0 Å². The van der Waals surface area contributed by atoms with Crippen molar-refractivity contribution in [2.24, 2.45) is 0 Å². The number of rotatable bonds is 5. The standard InChI is InChI=1S/C19H16ClN3O3/c1-25-19(24)15-10-22-18(21)17(23-15)13-7-8-14(20)16(9-13)26-11-12-5-3-2-4-6-12/h2-10H,11H2,1H3,(H2,21,22). The Balaban J connectivity index is 1.91. The van der Waals surface area contributed by atoms with Crippen LogP contribution in [0.4, 0.5) is 5.82 Å². The van der Waals surface area contributed by atoms with Crippen LogP contribution >= 0.6 is 11.6 Å². The molecule has 2 aromatic carbocycles. The van der Waals surface area contributed by atoms with E-state index in [-0.39, 0.29) is 11.5 Å². The number of methoxy groups -OCH3 is 1. The lowest BCUT2D eigenvalue weighted by Crippen LogP contribution is -2.08. The Morgan fingerprint density at radius 3 is 2.69 bits per heavy atom. The van der Waals surface area contributed by atoms with Gasteiger partial charge in [0.25, 0.3) is 0 Å². The second kappa shape index (κ2) is 7.84. The Kier molecular flexibility index (Phi) is 5.34. The molecule has 0 aliphatic carbocycles. The van der Waals surface area contributed by atoms with Gasteiger partial charge in [0.15, 0.2) is 5.69 Å². The Bertz CT molecular complexity index is 933. The lowest BCUT2D eigenvalue weighted by Gasteiger charge is -2.11. The first-order valence-electron chi connectivity index (χ1n) is 7.76. The summed E-state index contributed by atoms with van der Waals surface area (Å²) >= 11 is 6.23. The van der Waals surface area contributed by atoms with Gasteiger partial charge in [0, 0.05) is 5.56 Å². The minimum absolute atomic E-state index is 0.0680. The molecule has 26 heavy (non-hydrogen) atoms. The summed E-state index contributed by atoms with van der Waals surface area (Å²) in [6.07, 6.45) is 1.27. The molecular formula is C19H16ClN3O3. The molecule has 0 radical (unpaired) electrons. The first-order chi connectivity index (χ1) is 12.6. The van der Waals surface area contributed by atoms with Crippen LogP contribution in [0.2, 0.25) is 5.02 Å². The molecule has 0 spiro atoms. The molecule has 132 valence electrons. The predicted octanol–water partition coefficient (Wildman–Crippen LogP) is 3.74. The summed E-state index contributed by atoms with van der Waals surface area (Å²) in [6.45, 7) is 0.368. The van der Waals surface area contributed by atoms with E-state index in [0.717, 1.165) is 5.56 Å². The summed E-state index contributed by atoms with van der Waals surface area (Å²) in [5.41, 5.74) is 7.99. The zero-order chi connectivity index (χ0) is 18.5. The average Bonchev–Trinajstić information content (AvgIpc) is 2.68. The van der Waals surface area contributed by atoms with E-state index in [2.05, 4.69) is 14.7 Å². The van der Waals surface area contributed by atoms with Crippen molar-refractivity contribution in [2.45, 2.75) is 6.61 Å². The molecule has 3 rings (SSSR count). The highest BCUT2D eigenvalue weighted by atomic mass is 35.5. The quantitative estimate of drug-likeness (QED) is 0.689. The Hall–Kier alpha value is -3.12. The smallest absolute Gasteiger partial charge is 0.358 e. The summed E-state index contributed by atoms with van der Waals surface area (Å²) in [7, 11) is 1.28. The molecule has 3 aromatic rings. The first-order valence-corrected chi connectivity index (χ1v) is 8.13. The number of aromatic nitrogens is 2. The number of anilines is 1. The predicted molar refractivity (Wildman–Crippen MR) is 99.0 cm³/mol. The summed E-state index contributed by atoms with van der Waals surface area (Å²) < 4.78 is 10.5. The first kappa shape index (κ1) is 17.7. The third-order valence-electron chi connectivity index (χ3n) is 3.64. The molecule has 1 aromatic heterocycles. The maximum Gasteiger partial charge on any atom is 0.358 e.